The normalized spacial score (nSPS) is 31.0. The van der Waals surface area contributed by atoms with Gasteiger partial charge in [-0.1, -0.05) is 12.2 Å². The Labute approximate surface area is 198 Å². The van der Waals surface area contributed by atoms with Crippen LogP contribution in [-0.2, 0) is 0 Å². The van der Waals surface area contributed by atoms with Gasteiger partial charge in [0.05, 0.1) is 0 Å². The third kappa shape index (κ3) is 8.99. The molecule has 0 aromatic heterocycles. The fraction of sp³-hybridized carbons (Fsp3) is 0.917. The van der Waals surface area contributed by atoms with Crippen LogP contribution in [0.4, 0.5) is 0 Å². The highest BCUT2D eigenvalue weighted by atomic mass is 15.6. The lowest BCUT2D eigenvalue weighted by molar-refractivity contribution is -0.130. The van der Waals surface area contributed by atoms with Crippen LogP contribution in [0.25, 0.3) is 0 Å². The molecule has 5 aliphatic heterocycles. The number of hydrogen-bond donors (Lipinski definition) is 0. The first kappa shape index (κ1) is 27.7. The summed E-state index contributed by atoms with van der Waals surface area (Å²) in [5.41, 5.74) is 0. The van der Waals surface area contributed by atoms with Crippen LogP contribution in [0.3, 0.4) is 0 Å². The molecule has 6 rings (SSSR count). The van der Waals surface area contributed by atoms with E-state index in [1.165, 1.54) is 64.8 Å². The number of nitrogens with zero attached hydrogens (tertiary/aromatic N) is 8. The monoisotopic (exact) mass is 452 g/mol. The van der Waals surface area contributed by atoms with E-state index >= 15 is 0 Å². The fourth-order valence-electron chi connectivity index (χ4n) is 4.56. The van der Waals surface area contributed by atoms with E-state index < -0.39 is 0 Å². The molecule has 5 heterocycles. The first-order valence-electron chi connectivity index (χ1n) is 12.5. The molecule has 0 aromatic rings. The molecule has 5 fully saturated rings. The molecule has 32 heavy (non-hydrogen) atoms. The summed E-state index contributed by atoms with van der Waals surface area (Å²) in [5.74, 6) is 1.02. The fourth-order valence-corrected chi connectivity index (χ4v) is 4.56. The van der Waals surface area contributed by atoms with E-state index in [1.807, 2.05) is 0 Å². The number of fused-ring (bicyclic) bond motifs is 2. The van der Waals surface area contributed by atoms with Crippen molar-refractivity contribution in [2.45, 2.75) is 38.1 Å². The van der Waals surface area contributed by atoms with Crippen molar-refractivity contribution in [3.63, 3.8) is 0 Å². The maximum Gasteiger partial charge on any atom is 0.0311 e. The molecule has 8 nitrogen and oxygen atoms in total. The van der Waals surface area contributed by atoms with Crippen molar-refractivity contribution in [2.24, 2.45) is 5.92 Å². The minimum absolute atomic E-state index is 0.883. The van der Waals surface area contributed by atoms with Crippen LogP contribution in [0, 0.1) is 5.92 Å². The summed E-state index contributed by atoms with van der Waals surface area (Å²) in [6.07, 6.45) is 11.3. The Morgan fingerprint density at radius 2 is 0.906 bits per heavy atom. The van der Waals surface area contributed by atoms with Crippen molar-refractivity contribution in [1.82, 2.24) is 40.1 Å². The molecule has 8 heteroatoms. The first-order chi connectivity index (χ1) is 15.2. The van der Waals surface area contributed by atoms with Gasteiger partial charge in [0, 0.05) is 108 Å². The lowest BCUT2D eigenvalue weighted by Gasteiger charge is -2.52. The third-order valence-electron chi connectivity index (χ3n) is 7.63. The van der Waals surface area contributed by atoms with E-state index in [9.17, 15) is 0 Å². The molecule has 0 spiro atoms. The van der Waals surface area contributed by atoms with Crippen LogP contribution < -0.4 is 0 Å². The van der Waals surface area contributed by atoms with Crippen LogP contribution in [0.5, 0.6) is 0 Å². The molecule has 6 aliphatic rings. The molecule has 2 bridgehead atoms. The van der Waals surface area contributed by atoms with Crippen LogP contribution in [0.1, 0.15) is 32.1 Å². The Morgan fingerprint density at radius 3 is 1.16 bits per heavy atom. The van der Waals surface area contributed by atoms with Gasteiger partial charge in [-0.05, 0) is 38.0 Å². The summed E-state index contributed by atoms with van der Waals surface area (Å²) >= 11 is 0. The van der Waals surface area contributed by atoms with Crippen LogP contribution >= 0.6 is 0 Å². The molecule has 0 amide bonds. The maximum absolute atomic E-state index is 2.38. The second-order valence-corrected chi connectivity index (χ2v) is 10.1. The molecular weight excluding hydrogens is 400 g/mol. The van der Waals surface area contributed by atoms with Gasteiger partial charge in [0.1, 0.15) is 0 Å². The van der Waals surface area contributed by atoms with Gasteiger partial charge < -0.3 is 0 Å². The number of likely N-dealkylation sites (N-methyl/N-ethyl adjacent to an activating group) is 2. The lowest BCUT2D eigenvalue weighted by atomic mass is 9.78. The van der Waals surface area contributed by atoms with Gasteiger partial charge >= 0.3 is 0 Å². The molecule has 1 aliphatic carbocycles. The van der Waals surface area contributed by atoms with Gasteiger partial charge in [-0.25, -0.2) is 40.1 Å². The highest BCUT2D eigenvalue weighted by Gasteiger charge is 2.39. The van der Waals surface area contributed by atoms with Crippen molar-refractivity contribution in [1.29, 1.82) is 0 Å². The summed E-state index contributed by atoms with van der Waals surface area (Å²) in [6.45, 7) is 8.32. The van der Waals surface area contributed by atoms with Gasteiger partial charge in [0.15, 0.2) is 0 Å². The van der Waals surface area contributed by atoms with E-state index in [-0.39, 0.29) is 0 Å². The van der Waals surface area contributed by atoms with Crippen molar-refractivity contribution < 1.29 is 0 Å². The standard InChI is InChI=1S/C7H14N2.C6H14N2.C6H12N2.C5H12N2/c1-8-5-6-3-7(4-6)9(8)2;2*1-7-5-3-4-6-8(7)2;1-6-4-3-5-7(6)2/h6-7H,3-5H2,1-2H3;3-6H2,1-2H3;3-4H,5-6H2,1-2H3;3-5H2,1-2H3. The molecule has 0 atom stereocenters. The Kier molecular flexibility index (Phi) is 12.1. The quantitative estimate of drug-likeness (QED) is 0.512. The number of hydrazine groups is 4. The zero-order chi connectivity index (χ0) is 23.7. The Bertz CT molecular complexity index is 506. The van der Waals surface area contributed by atoms with Gasteiger partial charge in [0.2, 0.25) is 0 Å². The summed E-state index contributed by atoms with van der Waals surface area (Å²) < 4.78 is 0. The third-order valence-corrected chi connectivity index (χ3v) is 7.63. The van der Waals surface area contributed by atoms with Gasteiger partial charge in [-0.15, -0.1) is 0 Å². The van der Waals surface area contributed by atoms with Crippen LogP contribution in [-0.4, -0.2) is 148 Å². The maximum atomic E-state index is 2.38. The largest absolute Gasteiger partial charge is 0.245 e. The molecule has 4 saturated heterocycles. The second-order valence-electron chi connectivity index (χ2n) is 10.1. The minimum atomic E-state index is 0.883. The van der Waals surface area contributed by atoms with E-state index in [2.05, 4.69) is 109 Å². The first-order valence-corrected chi connectivity index (χ1v) is 12.5. The average molecular weight is 453 g/mol. The van der Waals surface area contributed by atoms with Crippen molar-refractivity contribution >= 4 is 0 Å². The molecule has 1 saturated carbocycles. The molecule has 0 aromatic carbocycles. The van der Waals surface area contributed by atoms with Gasteiger partial charge in [0.25, 0.3) is 0 Å². The zero-order valence-corrected chi connectivity index (χ0v) is 22.4. The SMILES string of the molecule is CN1CC2CC(C2)N1C.CN1CC=CCN1C.CN1CCCCN1C.CN1CCCN1C. The molecule has 0 radical (unpaired) electrons. The van der Waals surface area contributed by atoms with Crippen LogP contribution in [0.2, 0.25) is 0 Å². The zero-order valence-electron chi connectivity index (χ0n) is 22.4. The van der Waals surface area contributed by atoms with E-state index in [0.717, 1.165) is 25.0 Å². The predicted molar refractivity (Wildman–Crippen MR) is 136 cm³/mol. The highest BCUT2D eigenvalue weighted by molar-refractivity contribution is 4.90. The Hall–Kier alpha value is -0.580. The van der Waals surface area contributed by atoms with E-state index in [0.29, 0.717) is 0 Å². The highest BCUT2D eigenvalue weighted by Crippen LogP contribution is 2.36. The number of rotatable bonds is 0. The van der Waals surface area contributed by atoms with Crippen molar-refractivity contribution in [3.8, 4) is 0 Å². The second kappa shape index (κ2) is 14.0. The van der Waals surface area contributed by atoms with Crippen LogP contribution in [0.15, 0.2) is 12.2 Å². The minimum Gasteiger partial charge on any atom is -0.245 e. The number of hydrogen-bond acceptors (Lipinski definition) is 8. The smallest absolute Gasteiger partial charge is 0.0311 e. The lowest BCUT2D eigenvalue weighted by Crippen LogP contribution is -2.59. The summed E-state index contributed by atoms with van der Waals surface area (Å²) in [5, 5.41) is 18.1. The predicted octanol–water partition coefficient (Wildman–Crippen LogP) is 1.62. The van der Waals surface area contributed by atoms with Gasteiger partial charge in [-0.3, -0.25) is 0 Å². The Balaban J connectivity index is 0.000000152. The summed E-state index contributed by atoms with van der Waals surface area (Å²) in [6, 6.07) is 0.883. The molecule has 0 N–H and O–H groups in total. The Morgan fingerprint density at radius 1 is 0.500 bits per heavy atom. The average Bonchev–Trinajstić information content (AvgIpc) is 3.12. The van der Waals surface area contributed by atoms with Crippen molar-refractivity contribution in [2.75, 3.05) is 102 Å². The van der Waals surface area contributed by atoms with Gasteiger partial charge in [-0.2, -0.15) is 0 Å². The van der Waals surface area contributed by atoms with Crippen molar-refractivity contribution in [3.05, 3.63) is 12.2 Å². The van der Waals surface area contributed by atoms with E-state index in [1.54, 1.807) is 0 Å². The summed E-state index contributed by atoms with van der Waals surface area (Å²) in [7, 11) is 17.1. The summed E-state index contributed by atoms with van der Waals surface area (Å²) in [4.78, 5) is 0. The van der Waals surface area contributed by atoms with E-state index in [4.69, 9.17) is 0 Å². The topological polar surface area (TPSA) is 25.9 Å². The molecule has 188 valence electrons. The molecular formula is C24H52N8. The molecule has 0 unspecified atom stereocenters.